The van der Waals surface area contributed by atoms with Crippen molar-refractivity contribution in [1.82, 2.24) is 0 Å². The zero-order valence-corrected chi connectivity index (χ0v) is 31.9. The summed E-state index contributed by atoms with van der Waals surface area (Å²) in [5, 5.41) is 2.64. The molecule has 1 spiro atoms. The molecule has 1 aromatic heterocycles. The molecule has 2 aliphatic rings. The van der Waals surface area contributed by atoms with Crippen LogP contribution < -0.4 is 9.80 Å². The lowest BCUT2D eigenvalue weighted by molar-refractivity contribution is 0.507. The van der Waals surface area contributed by atoms with Gasteiger partial charge in [0, 0.05) is 59.6 Å². The lowest BCUT2D eigenvalue weighted by atomic mass is 9.76. The summed E-state index contributed by atoms with van der Waals surface area (Å²) in [6.45, 7) is 0. The third-order valence-corrected chi connectivity index (χ3v) is 13.4. The van der Waals surface area contributed by atoms with E-state index in [9.17, 15) is 0 Å². The maximum Gasteiger partial charge on any atom is 0.0540 e. The Morgan fingerprint density at radius 1 is 0.393 bits per heavy atom. The molecule has 0 N–H and O–H groups in total. The number of rotatable bonds is 7. The van der Waals surface area contributed by atoms with Crippen LogP contribution in [0, 0.1) is 0 Å². The van der Waals surface area contributed by atoms with Crippen molar-refractivity contribution in [1.29, 1.82) is 0 Å². The first kappa shape index (κ1) is 33.0. The average molecular weight is 737 g/mol. The molecule has 0 saturated heterocycles. The molecule has 0 bridgehead atoms. The van der Waals surface area contributed by atoms with Crippen LogP contribution in [-0.4, -0.2) is 0 Å². The van der Waals surface area contributed by atoms with Crippen molar-refractivity contribution in [3.8, 4) is 11.1 Å². The predicted octanol–water partition coefficient (Wildman–Crippen LogP) is 14.8. The smallest absolute Gasteiger partial charge is 0.0540 e. The number of fused-ring (bicyclic) bond motifs is 7. The van der Waals surface area contributed by atoms with E-state index in [0.29, 0.717) is 0 Å². The van der Waals surface area contributed by atoms with Gasteiger partial charge in [0.15, 0.2) is 0 Å². The van der Waals surface area contributed by atoms with Crippen molar-refractivity contribution >= 4 is 65.6 Å². The highest BCUT2D eigenvalue weighted by molar-refractivity contribution is 7.25. The van der Waals surface area contributed by atoms with Gasteiger partial charge in [0.2, 0.25) is 0 Å². The van der Waals surface area contributed by atoms with Crippen LogP contribution in [0.3, 0.4) is 0 Å². The van der Waals surface area contributed by atoms with Gasteiger partial charge in [-0.1, -0.05) is 115 Å². The van der Waals surface area contributed by atoms with Crippen molar-refractivity contribution in [3.63, 3.8) is 0 Å². The topological polar surface area (TPSA) is 6.48 Å². The van der Waals surface area contributed by atoms with Crippen LogP contribution in [-0.2, 0) is 18.3 Å². The van der Waals surface area contributed by atoms with Crippen LogP contribution in [0.1, 0.15) is 35.1 Å². The zero-order chi connectivity index (χ0) is 37.1. The molecule has 0 unspecified atom stereocenters. The fraction of sp³-hybridized carbons (Fsp3) is 0.0943. The Balaban J connectivity index is 1.05. The highest BCUT2D eigenvalue weighted by Crippen LogP contribution is 2.55. The standard InChI is InChI=1S/C53H40N2S/c1-4-14-37(15-5-1)45-20-10-12-22-50(45)55(41-18-8-3-9-19-41)44-27-25-39-31-33-53(49(39)36-44)32-30-38-24-26-43(35-48(38)53)54(40-16-6-2-7-17-40)42-28-29-52-47(34-42)46-21-11-13-23-51(46)56-52/h1-29,34-36H,30-33H2/t53-/m1/s1. The third-order valence-electron chi connectivity index (χ3n) is 12.3. The van der Waals surface area contributed by atoms with Crippen LogP contribution >= 0.6 is 11.3 Å². The number of thiophene rings is 1. The molecule has 268 valence electrons. The lowest BCUT2D eigenvalue weighted by Gasteiger charge is -2.32. The monoisotopic (exact) mass is 736 g/mol. The summed E-state index contributed by atoms with van der Waals surface area (Å²) in [4.78, 5) is 4.92. The molecule has 0 aliphatic heterocycles. The normalized spacial score (nSPS) is 15.6. The highest BCUT2D eigenvalue weighted by atomic mass is 32.1. The fourth-order valence-corrected chi connectivity index (χ4v) is 10.7. The summed E-state index contributed by atoms with van der Waals surface area (Å²) >= 11 is 1.87. The van der Waals surface area contributed by atoms with E-state index >= 15 is 0 Å². The van der Waals surface area contributed by atoms with Gasteiger partial charge in [-0.2, -0.15) is 0 Å². The van der Waals surface area contributed by atoms with Crippen molar-refractivity contribution < 1.29 is 0 Å². The van der Waals surface area contributed by atoms with Crippen LogP contribution in [0.25, 0.3) is 31.3 Å². The Morgan fingerprint density at radius 2 is 0.911 bits per heavy atom. The molecular weight excluding hydrogens is 697 g/mol. The third kappa shape index (κ3) is 5.38. The number of hydrogen-bond donors (Lipinski definition) is 0. The van der Waals surface area contributed by atoms with Gasteiger partial charge < -0.3 is 9.80 Å². The summed E-state index contributed by atoms with van der Waals surface area (Å²) in [6, 6.07) is 71.8. The van der Waals surface area contributed by atoms with Crippen LogP contribution in [0.2, 0.25) is 0 Å². The lowest BCUT2D eigenvalue weighted by Crippen LogP contribution is -2.22. The summed E-state index contributed by atoms with van der Waals surface area (Å²) in [6.07, 6.45) is 4.45. The molecular formula is C53H40N2S. The first-order chi connectivity index (χ1) is 27.7. The van der Waals surface area contributed by atoms with Crippen LogP contribution in [0.5, 0.6) is 0 Å². The molecule has 1 atom stereocenters. The number of anilines is 6. The van der Waals surface area contributed by atoms with Gasteiger partial charge in [0.25, 0.3) is 0 Å². The van der Waals surface area contributed by atoms with Gasteiger partial charge in [0.05, 0.1) is 5.69 Å². The molecule has 0 radical (unpaired) electrons. The van der Waals surface area contributed by atoms with E-state index in [-0.39, 0.29) is 5.41 Å². The number of nitrogens with zero attached hydrogens (tertiary/aromatic N) is 2. The molecule has 0 saturated carbocycles. The summed E-state index contributed by atoms with van der Waals surface area (Å²) < 4.78 is 2.66. The van der Waals surface area contributed by atoms with Crippen molar-refractivity contribution in [2.75, 3.05) is 9.80 Å². The molecule has 1 heterocycles. The van der Waals surface area contributed by atoms with Crippen molar-refractivity contribution in [3.05, 3.63) is 216 Å². The van der Waals surface area contributed by atoms with Gasteiger partial charge in [-0.05, 0) is 132 Å². The summed E-state index contributed by atoms with van der Waals surface area (Å²) in [7, 11) is 0. The predicted molar refractivity (Wildman–Crippen MR) is 238 cm³/mol. The SMILES string of the molecule is c1ccc(-c2ccccc2N(c2ccccc2)c2ccc3c(c2)[C@]2(CCc4ccc(N(c5ccccc5)c5ccc6sc7ccccc7c6c5)cc42)CC3)cc1. The summed E-state index contributed by atoms with van der Waals surface area (Å²) in [5.41, 5.74) is 15.4. The fourth-order valence-electron chi connectivity index (χ4n) is 9.65. The molecule has 56 heavy (non-hydrogen) atoms. The average Bonchev–Trinajstić information content (AvgIpc) is 3.95. The first-order valence-electron chi connectivity index (χ1n) is 19.8. The zero-order valence-electron chi connectivity index (χ0n) is 31.1. The van der Waals surface area contributed by atoms with Crippen LogP contribution in [0.15, 0.2) is 194 Å². The molecule has 8 aromatic carbocycles. The molecule has 2 aliphatic carbocycles. The van der Waals surface area contributed by atoms with E-state index in [2.05, 4.69) is 204 Å². The molecule has 9 aromatic rings. The first-order valence-corrected chi connectivity index (χ1v) is 20.6. The van der Waals surface area contributed by atoms with E-state index in [1.54, 1.807) is 0 Å². The second-order valence-corrected chi connectivity index (χ2v) is 16.4. The minimum Gasteiger partial charge on any atom is -0.310 e. The maximum absolute atomic E-state index is 2.53. The van der Waals surface area contributed by atoms with Crippen LogP contribution in [0.4, 0.5) is 34.1 Å². The van der Waals surface area contributed by atoms with Gasteiger partial charge >= 0.3 is 0 Å². The molecule has 0 fully saturated rings. The van der Waals surface area contributed by atoms with E-state index in [0.717, 1.165) is 31.4 Å². The van der Waals surface area contributed by atoms with Gasteiger partial charge in [-0.25, -0.2) is 0 Å². The van der Waals surface area contributed by atoms with E-state index < -0.39 is 0 Å². The van der Waals surface area contributed by atoms with Gasteiger partial charge in [-0.15, -0.1) is 11.3 Å². The minimum atomic E-state index is -0.0339. The van der Waals surface area contributed by atoms with Crippen molar-refractivity contribution in [2.45, 2.75) is 31.1 Å². The second kappa shape index (κ2) is 13.4. The maximum atomic E-state index is 2.53. The molecule has 11 rings (SSSR count). The largest absolute Gasteiger partial charge is 0.310 e. The van der Waals surface area contributed by atoms with Gasteiger partial charge in [0.1, 0.15) is 0 Å². The Labute approximate surface area is 332 Å². The number of hydrogen-bond acceptors (Lipinski definition) is 3. The number of aryl methyl sites for hydroxylation is 2. The van der Waals surface area contributed by atoms with Gasteiger partial charge in [-0.3, -0.25) is 0 Å². The Kier molecular flexibility index (Phi) is 7.89. The highest BCUT2D eigenvalue weighted by Gasteiger charge is 2.45. The Hall–Kier alpha value is -6.42. The second-order valence-electron chi connectivity index (χ2n) is 15.3. The number of benzene rings is 8. The Bertz CT molecular complexity index is 2880. The van der Waals surface area contributed by atoms with E-state index in [1.807, 2.05) is 11.3 Å². The number of para-hydroxylation sites is 3. The van der Waals surface area contributed by atoms with Crippen molar-refractivity contribution in [2.24, 2.45) is 0 Å². The summed E-state index contributed by atoms with van der Waals surface area (Å²) in [5.74, 6) is 0. The quantitative estimate of drug-likeness (QED) is 0.161. The van der Waals surface area contributed by atoms with E-state index in [4.69, 9.17) is 0 Å². The Morgan fingerprint density at radius 3 is 1.61 bits per heavy atom. The van der Waals surface area contributed by atoms with E-state index in [1.165, 1.54) is 82.0 Å². The molecule has 2 nitrogen and oxygen atoms in total. The minimum absolute atomic E-state index is 0.0339. The molecule has 0 amide bonds. The molecule has 3 heteroatoms.